The quantitative estimate of drug-likeness (QED) is 0.372. The van der Waals surface area contributed by atoms with Gasteiger partial charge >= 0.3 is 0 Å². The monoisotopic (exact) mass is 397 g/mol. The molecule has 0 N–H and O–H groups in total. The van der Waals surface area contributed by atoms with Gasteiger partial charge in [-0.15, -0.1) is 11.3 Å². The largest absolute Gasteiger partial charge is 0.380 e. The Bertz CT molecular complexity index is 1310. The fraction of sp³-hybridized carbons (Fsp3) is 0.125. The number of benzene rings is 2. The second-order valence-corrected chi connectivity index (χ2v) is 7.94. The van der Waals surface area contributed by atoms with Crippen molar-refractivity contribution in [2.45, 2.75) is 13.5 Å². The Morgan fingerprint density at radius 1 is 0.862 bits per heavy atom. The van der Waals surface area contributed by atoms with Crippen molar-refractivity contribution < 1.29 is 4.74 Å². The molecule has 5 heteroatoms. The number of aromatic nitrogens is 3. The molecule has 3 aromatic heterocycles. The number of hydrogen-bond donors (Lipinski definition) is 0. The molecule has 5 rings (SSSR count). The number of thiophene rings is 1. The highest BCUT2D eigenvalue weighted by molar-refractivity contribution is 7.25. The molecule has 142 valence electrons. The fourth-order valence-electron chi connectivity index (χ4n) is 3.63. The first-order chi connectivity index (χ1) is 14.2. The van der Waals surface area contributed by atoms with Crippen molar-refractivity contribution in [2.24, 2.45) is 0 Å². The lowest BCUT2D eigenvalue weighted by atomic mass is 10.1. The van der Waals surface area contributed by atoms with Gasteiger partial charge in [-0.2, -0.15) is 0 Å². The van der Waals surface area contributed by atoms with Gasteiger partial charge in [0.05, 0.1) is 22.5 Å². The van der Waals surface area contributed by atoms with Crippen molar-refractivity contribution in [3.05, 3.63) is 78.0 Å². The average molecular weight is 398 g/mol. The average Bonchev–Trinajstić information content (AvgIpc) is 3.12. The highest BCUT2D eigenvalue weighted by Crippen LogP contribution is 2.40. The molecular formula is C24H19N3OS. The van der Waals surface area contributed by atoms with Gasteiger partial charge in [0, 0.05) is 29.3 Å². The molecule has 0 bridgehead atoms. The summed E-state index contributed by atoms with van der Waals surface area (Å²) in [6, 6.07) is 22.5. The van der Waals surface area contributed by atoms with Crippen molar-refractivity contribution in [3.8, 4) is 22.6 Å². The summed E-state index contributed by atoms with van der Waals surface area (Å²) in [5, 5.41) is 1.06. The predicted octanol–water partition coefficient (Wildman–Crippen LogP) is 6.03. The Morgan fingerprint density at radius 2 is 1.55 bits per heavy atom. The van der Waals surface area contributed by atoms with Crippen LogP contribution in [0.2, 0.25) is 0 Å². The maximum Gasteiger partial charge on any atom is 0.160 e. The Morgan fingerprint density at radius 3 is 2.24 bits per heavy atom. The third kappa shape index (κ3) is 3.18. The summed E-state index contributed by atoms with van der Waals surface area (Å²) >= 11 is 1.65. The number of aryl methyl sites for hydroxylation is 1. The number of nitrogens with zero attached hydrogens (tertiary/aromatic N) is 3. The van der Waals surface area contributed by atoms with Crippen LogP contribution >= 0.6 is 11.3 Å². The zero-order valence-corrected chi connectivity index (χ0v) is 17.0. The van der Waals surface area contributed by atoms with Gasteiger partial charge in [0.15, 0.2) is 5.82 Å². The minimum absolute atomic E-state index is 0.525. The van der Waals surface area contributed by atoms with Gasteiger partial charge in [0.2, 0.25) is 0 Å². The smallest absolute Gasteiger partial charge is 0.160 e. The number of rotatable bonds is 4. The van der Waals surface area contributed by atoms with E-state index in [2.05, 4.69) is 18.2 Å². The molecule has 0 saturated heterocycles. The third-order valence-electron chi connectivity index (χ3n) is 4.88. The molecular weight excluding hydrogens is 378 g/mol. The van der Waals surface area contributed by atoms with E-state index in [0.29, 0.717) is 6.61 Å². The topological polar surface area (TPSA) is 47.9 Å². The normalized spacial score (nSPS) is 11.4. The fourth-order valence-corrected chi connectivity index (χ4v) is 4.85. The van der Waals surface area contributed by atoms with Gasteiger partial charge in [-0.1, -0.05) is 60.7 Å². The molecule has 0 saturated carbocycles. The summed E-state index contributed by atoms with van der Waals surface area (Å²) < 4.78 is 6.53. The molecule has 0 fully saturated rings. The van der Waals surface area contributed by atoms with E-state index in [-0.39, 0.29) is 0 Å². The second kappa shape index (κ2) is 7.35. The van der Waals surface area contributed by atoms with Crippen LogP contribution in [0.1, 0.15) is 11.3 Å². The lowest BCUT2D eigenvalue weighted by Crippen LogP contribution is -1.95. The summed E-state index contributed by atoms with van der Waals surface area (Å²) in [5.41, 5.74) is 6.05. The van der Waals surface area contributed by atoms with Crippen LogP contribution in [0.4, 0.5) is 0 Å². The van der Waals surface area contributed by atoms with Crippen LogP contribution in [-0.2, 0) is 11.3 Å². The Hall–Kier alpha value is -3.15. The highest BCUT2D eigenvalue weighted by atomic mass is 32.1. The summed E-state index contributed by atoms with van der Waals surface area (Å²) in [4.78, 5) is 15.7. The molecule has 0 atom stereocenters. The molecule has 0 aliphatic heterocycles. The molecule has 0 radical (unpaired) electrons. The van der Waals surface area contributed by atoms with Crippen molar-refractivity contribution in [1.29, 1.82) is 0 Å². The zero-order valence-electron chi connectivity index (χ0n) is 16.2. The van der Waals surface area contributed by atoms with Crippen LogP contribution in [0.15, 0.2) is 66.7 Å². The maximum atomic E-state index is 5.47. The summed E-state index contributed by atoms with van der Waals surface area (Å²) in [6.45, 7) is 2.54. The van der Waals surface area contributed by atoms with Crippen molar-refractivity contribution in [3.63, 3.8) is 0 Å². The van der Waals surface area contributed by atoms with E-state index in [1.807, 2.05) is 55.5 Å². The first-order valence-corrected chi connectivity index (χ1v) is 10.3. The van der Waals surface area contributed by atoms with Crippen molar-refractivity contribution >= 4 is 31.8 Å². The van der Waals surface area contributed by atoms with Crippen LogP contribution in [0, 0.1) is 6.92 Å². The number of hydrogen-bond acceptors (Lipinski definition) is 5. The van der Waals surface area contributed by atoms with Crippen LogP contribution < -0.4 is 0 Å². The van der Waals surface area contributed by atoms with E-state index < -0.39 is 0 Å². The van der Waals surface area contributed by atoms with Gasteiger partial charge < -0.3 is 4.74 Å². The highest BCUT2D eigenvalue weighted by Gasteiger charge is 2.19. The lowest BCUT2D eigenvalue weighted by molar-refractivity contribution is 0.186. The molecule has 0 unspecified atom stereocenters. The second-order valence-electron chi connectivity index (χ2n) is 6.94. The summed E-state index contributed by atoms with van der Waals surface area (Å²) in [6.07, 6.45) is 0. The summed E-state index contributed by atoms with van der Waals surface area (Å²) in [5.74, 6) is 0.723. The maximum absolute atomic E-state index is 5.47. The van der Waals surface area contributed by atoms with Crippen LogP contribution in [0.5, 0.6) is 0 Å². The van der Waals surface area contributed by atoms with E-state index in [4.69, 9.17) is 19.7 Å². The van der Waals surface area contributed by atoms with Gasteiger partial charge in [-0.3, -0.25) is 0 Å². The molecule has 4 nitrogen and oxygen atoms in total. The standard InChI is InChI=1S/C24H19N3OS/c1-15-13-18(14-28-2)19-21-22(29-24(19)25-15)20(16-9-5-3-6-10-16)26-23(27-21)17-11-7-4-8-12-17/h3-13H,14H2,1-2H3. The molecule has 0 aliphatic carbocycles. The van der Waals surface area contributed by atoms with Crippen LogP contribution in [-0.4, -0.2) is 22.1 Å². The molecule has 5 aromatic rings. The zero-order chi connectivity index (χ0) is 19.8. The molecule has 29 heavy (non-hydrogen) atoms. The Kier molecular flexibility index (Phi) is 4.54. The third-order valence-corrected chi connectivity index (χ3v) is 5.96. The van der Waals surface area contributed by atoms with E-state index in [9.17, 15) is 0 Å². The predicted molar refractivity (Wildman–Crippen MR) is 119 cm³/mol. The molecule has 0 amide bonds. The van der Waals surface area contributed by atoms with E-state index in [1.54, 1.807) is 18.4 Å². The first kappa shape index (κ1) is 17.9. The van der Waals surface area contributed by atoms with Crippen molar-refractivity contribution in [1.82, 2.24) is 15.0 Å². The van der Waals surface area contributed by atoms with Gasteiger partial charge in [-0.25, -0.2) is 15.0 Å². The van der Waals surface area contributed by atoms with E-state index in [1.165, 1.54) is 0 Å². The molecule has 3 heterocycles. The van der Waals surface area contributed by atoms with Crippen molar-refractivity contribution in [2.75, 3.05) is 7.11 Å². The van der Waals surface area contributed by atoms with Crippen LogP contribution in [0.3, 0.4) is 0 Å². The van der Waals surface area contributed by atoms with Crippen LogP contribution in [0.25, 0.3) is 43.1 Å². The minimum Gasteiger partial charge on any atom is -0.380 e. The Labute approximate surface area is 172 Å². The first-order valence-electron chi connectivity index (χ1n) is 9.45. The van der Waals surface area contributed by atoms with Gasteiger partial charge in [0.1, 0.15) is 4.83 Å². The lowest BCUT2D eigenvalue weighted by Gasteiger charge is -2.08. The molecule has 2 aromatic carbocycles. The molecule has 0 spiro atoms. The SMILES string of the molecule is COCc1cc(C)nc2sc3c(-c4ccccc4)nc(-c4ccccc4)nc3c12. The molecule has 0 aliphatic rings. The summed E-state index contributed by atoms with van der Waals surface area (Å²) in [7, 11) is 1.72. The number of ether oxygens (including phenoxy) is 1. The minimum atomic E-state index is 0.525. The number of methoxy groups -OCH3 is 1. The van der Waals surface area contributed by atoms with Gasteiger partial charge in [0.25, 0.3) is 0 Å². The number of pyridine rings is 1. The van der Waals surface area contributed by atoms with E-state index >= 15 is 0 Å². The van der Waals surface area contributed by atoms with Gasteiger partial charge in [-0.05, 0) is 18.6 Å². The Balaban J connectivity index is 1.91. The number of fused-ring (bicyclic) bond motifs is 3. The van der Waals surface area contributed by atoms with E-state index in [0.717, 1.165) is 54.3 Å².